The first-order valence-electron chi connectivity index (χ1n) is 5.14. The average Bonchev–Trinajstić information content (AvgIpc) is 2.72. The van der Waals surface area contributed by atoms with Crippen LogP contribution >= 0.6 is 0 Å². The van der Waals surface area contributed by atoms with E-state index in [1.165, 1.54) is 12.8 Å². The SMILES string of the molecule is O=C=NC1CC2CC1C1C=CCC21. The minimum atomic E-state index is 0.298. The van der Waals surface area contributed by atoms with Crippen LogP contribution in [0.15, 0.2) is 17.1 Å². The van der Waals surface area contributed by atoms with Crippen molar-refractivity contribution in [3.8, 4) is 0 Å². The van der Waals surface area contributed by atoms with Crippen molar-refractivity contribution >= 4 is 6.08 Å². The van der Waals surface area contributed by atoms with Crippen LogP contribution in [-0.2, 0) is 4.79 Å². The van der Waals surface area contributed by atoms with Gasteiger partial charge in [-0.2, -0.15) is 0 Å². The molecule has 0 spiro atoms. The zero-order valence-electron chi connectivity index (χ0n) is 7.52. The molecule has 0 aromatic heterocycles. The number of isocyanates is 1. The normalized spacial score (nSPS) is 50.6. The van der Waals surface area contributed by atoms with Crippen molar-refractivity contribution in [3.63, 3.8) is 0 Å². The Morgan fingerprint density at radius 2 is 2.23 bits per heavy atom. The van der Waals surface area contributed by atoms with Gasteiger partial charge < -0.3 is 0 Å². The summed E-state index contributed by atoms with van der Waals surface area (Å²) in [6, 6.07) is 0.298. The molecule has 3 rings (SSSR count). The van der Waals surface area contributed by atoms with Crippen LogP contribution in [-0.4, -0.2) is 12.1 Å². The second kappa shape index (κ2) is 2.55. The summed E-state index contributed by atoms with van der Waals surface area (Å²) >= 11 is 0. The molecular formula is C11H13NO. The Morgan fingerprint density at radius 1 is 1.31 bits per heavy atom. The molecule has 13 heavy (non-hydrogen) atoms. The van der Waals surface area contributed by atoms with E-state index in [0.29, 0.717) is 12.0 Å². The molecule has 2 saturated carbocycles. The summed E-state index contributed by atoms with van der Waals surface area (Å²) in [5.74, 6) is 3.13. The van der Waals surface area contributed by atoms with Gasteiger partial charge in [-0.1, -0.05) is 12.2 Å². The van der Waals surface area contributed by atoms with E-state index in [1.807, 2.05) is 0 Å². The van der Waals surface area contributed by atoms with E-state index >= 15 is 0 Å². The van der Waals surface area contributed by atoms with Crippen LogP contribution < -0.4 is 0 Å². The van der Waals surface area contributed by atoms with Gasteiger partial charge in [-0.3, -0.25) is 0 Å². The highest BCUT2D eigenvalue weighted by atomic mass is 16.1. The van der Waals surface area contributed by atoms with E-state index in [9.17, 15) is 4.79 Å². The first-order valence-corrected chi connectivity index (χ1v) is 5.14. The number of aliphatic imine (C=N–C) groups is 1. The topological polar surface area (TPSA) is 29.4 Å². The maximum atomic E-state index is 10.2. The van der Waals surface area contributed by atoms with Crippen molar-refractivity contribution in [3.05, 3.63) is 12.2 Å². The summed E-state index contributed by atoms with van der Waals surface area (Å²) in [7, 11) is 0. The van der Waals surface area contributed by atoms with E-state index in [0.717, 1.165) is 24.2 Å². The Bertz CT molecular complexity index is 301. The van der Waals surface area contributed by atoms with Gasteiger partial charge in [0.15, 0.2) is 0 Å². The van der Waals surface area contributed by atoms with Gasteiger partial charge >= 0.3 is 0 Å². The van der Waals surface area contributed by atoms with Gasteiger partial charge in [-0.15, -0.1) is 0 Å². The molecule has 3 aliphatic carbocycles. The third kappa shape index (κ3) is 0.896. The molecular weight excluding hydrogens is 162 g/mol. The lowest BCUT2D eigenvalue weighted by atomic mass is 9.79. The Kier molecular flexibility index (Phi) is 1.48. The zero-order chi connectivity index (χ0) is 8.84. The molecule has 0 aromatic rings. The lowest BCUT2D eigenvalue weighted by Crippen LogP contribution is -2.26. The molecule has 5 unspecified atom stereocenters. The van der Waals surface area contributed by atoms with Gasteiger partial charge in [0, 0.05) is 0 Å². The van der Waals surface area contributed by atoms with Crippen LogP contribution in [0.1, 0.15) is 19.3 Å². The predicted molar refractivity (Wildman–Crippen MR) is 48.9 cm³/mol. The minimum absolute atomic E-state index is 0.298. The second-order valence-electron chi connectivity index (χ2n) is 4.59. The molecule has 0 aromatic carbocycles. The molecule has 5 atom stereocenters. The fraction of sp³-hybridized carbons (Fsp3) is 0.727. The van der Waals surface area contributed by atoms with Crippen LogP contribution in [0.2, 0.25) is 0 Å². The van der Waals surface area contributed by atoms with Crippen molar-refractivity contribution in [1.82, 2.24) is 0 Å². The summed E-state index contributed by atoms with van der Waals surface area (Å²) < 4.78 is 0. The molecule has 0 aliphatic heterocycles. The molecule has 2 fully saturated rings. The Hall–Kier alpha value is -0.880. The Morgan fingerprint density at radius 3 is 3.08 bits per heavy atom. The maximum absolute atomic E-state index is 10.2. The predicted octanol–water partition coefficient (Wildman–Crippen LogP) is 1.92. The number of nitrogens with zero attached hydrogens (tertiary/aromatic N) is 1. The van der Waals surface area contributed by atoms with Crippen molar-refractivity contribution in [1.29, 1.82) is 0 Å². The number of carbonyl (C=O) groups excluding carboxylic acids is 1. The van der Waals surface area contributed by atoms with Gasteiger partial charge in [0.2, 0.25) is 6.08 Å². The average molecular weight is 175 g/mol. The molecule has 0 heterocycles. The van der Waals surface area contributed by atoms with E-state index in [4.69, 9.17) is 0 Å². The van der Waals surface area contributed by atoms with Gasteiger partial charge in [0.25, 0.3) is 0 Å². The van der Waals surface area contributed by atoms with Crippen LogP contribution in [0.5, 0.6) is 0 Å². The summed E-state index contributed by atoms with van der Waals surface area (Å²) in [5.41, 5.74) is 0. The standard InChI is InChI=1S/C11H13NO/c13-6-12-11-5-7-4-10(11)9-3-1-2-8(7)9/h1,3,7-11H,2,4-5H2. The zero-order valence-corrected chi connectivity index (χ0v) is 7.52. The molecule has 0 saturated heterocycles. The molecule has 0 radical (unpaired) electrons. The van der Waals surface area contributed by atoms with E-state index in [-0.39, 0.29) is 0 Å². The molecule has 0 amide bonds. The summed E-state index contributed by atoms with van der Waals surface area (Å²) in [6.07, 6.45) is 10.1. The van der Waals surface area contributed by atoms with E-state index in [1.54, 1.807) is 6.08 Å². The lowest BCUT2D eigenvalue weighted by Gasteiger charge is -2.27. The maximum Gasteiger partial charge on any atom is 0.235 e. The Labute approximate surface area is 77.7 Å². The fourth-order valence-electron chi connectivity index (χ4n) is 3.73. The lowest BCUT2D eigenvalue weighted by molar-refractivity contribution is 0.259. The summed E-state index contributed by atoms with van der Waals surface area (Å²) in [5, 5.41) is 0. The smallest absolute Gasteiger partial charge is 0.211 e. The number of rotatable bonds is 1. The summed E-state index contributed by atoms with van der Waals surface area (Å²) in [6.45, 7) is 0. The number of hydrogen-bond acceptors (Lipinski definition) is 2. The molecule has 68 valence electrons. The highest BCUT2D eigenvalue weighted by molar-refractivity contribution is 5.34. The second-order valence-corrected chi connectivity index (χ2v) is 4.59. The number of allylic oxidation sites excluding steroid dienone is 2. The third-order valence-electron chi connectivity index (χ3n) is 4.19. The molecule has 2 nitrogen and oxygen atoms in total. The van der Waals surface area contributed by atoms with Crippen molar-refractivity contribution in [2.45, 2.75) is 25.3 Å². The first-order chi connectivity index (χ1) is 6.40. The van der Waals surface area contributed by atoms with Crippen LogP contribution in [0.3, 0.4) is 0 Å². The van der Waals surface area contributed by atoms with Crippen molar-refractivity contribution in [2.75, 3.05) is 0 Å². The van der Waals surface area contributed by atoms with E-state index < -0.39 is 0 Å². The minimum Gasteiger partial charge on any atom is -0.211 e. The summed E-state index contributed by atoms with van der Waals surface area (Å²) in [4.78, 5) is 14.1. The molecule has 2 bridgehead atoms. The molecule has 3 aliphatic rings. The first kappa shape index (κ1) is 7.52. The quantitative estimate of drug-likeness (QED) is 0.340. The van der Waals surface area contributed by atoms with Crippen molar-refractivity contribution in [2.24, 2.45) is 28.7 Å². The third-order valence-corrected chi connectivity index (χ3v) is 4.19. The number of fused-ring (bicyclic) bond motifs is 5. The monoisotopic (exact) mass is 175 g/mol. The Balaban J connectivity index is 1.88. The molecule has 0 N–H and O–H groups in total. The highest BCUT2D eigenvalue weighted by Gasteiger charge is 2.52. The van der Waals surface area contributed by atoms with Gasteiger partial charge in [-0.25, -0.2) is 9.79 Å². The van der Waals surface area contributed by atoms with Crippen molar-refractivity contribution < 1.29 is 4.79 Å². The van der Waals surface area contributed by atoms with Crippen LogP contribution in [0, 0.1) is 23.7 Å². The van der Waals surface area contributed by atoms with Gasteiger partial charge in [-0.05, 0) is 42.9 Å². The van der Waals surface area contributed by atoms with E-state index in [2.05, 4.69) is 17.1 Å². The van der Waals surface area contributed by atoms with Gasteiger partial charge in [0.1, 0.15) is 0 Å². The largest absolute Gasteiger partial charge is 0.235 e. The number of hydrogen-bond donors (Lipinski definition) is 0. The highest BCUT2D eigenvalue weighted by Crippen LogP contribution is 2.57. The fourth-order valence-corrected chi connectivity index (χ4v) is 3.73. The molecule has 2 heteroatoms. The van der Waals surface area contributed by atoms with Crippen LogP contribution in [0.4, 0.5) is 0 Å². The van der Waals surface area contributed by atoms with Gasteiger partial charge in [0.05, 0.1) is 6.04 Å². The van der Waals surface area contributed by atoms with Crippen LogP contribution in [0.25, 0.3) is 0 Å².